The van der Waals surface area contributed by atoms with E-state index in [9.17, 15) is 5.11 Å². The van der Waals surface area contributed by atoms with Crippen molar-refractivity contribution < 1.29 is 5.11 Å². The number of benzene rings is 3. The highest BCUT2D eigenvalue weighted by Gasteiger charge is 2.16. The van der Waals surface area contributed by atoms with Gasteiger partial charge in [0.25, 0.3) is 0 Å². The molecule has 0 unspecified atom stereocenters. The lowest BCUT2D eigenvalue weighted by Crippen LogP contribution is -1.98. The number of aromatic nitrogens is 3. The van der Waals surface area contributed by atoms with Crippen LogP contribution in [0.25, 0.3) is 37.9 Å². The highest BCUT2D eigenvalue weighted by Crippen LogP contribution is 2.32. The van der Waals surface area contributed by atoms with Crippen LogP contribution in [-0.4, -0.2) is 19.9 Å². The topological polar surface area (TPSA) is 50.9 Å². The second-order valence-electron chi connectivity index (χ2n) is 6.20. The fourth-order valence-corrected chi connectivity index (χ4v) is 4.00. The Labute approximate surface area is 160 Å². The Hall–Kier alpha value is -3.44. The van der Waals surface area contributed by atoms with E-state index in [0.29, 0.717) is 0 Å². The largest absolute Gasteiger partial charge is 0.508 e. The van der Waals surface area contributed by atoms with Crippen LogP contribution < -0.4 is 0 Å². The number of rotatable bonds is 3. The molecule has 5 heteroatoms. The Morgan fingerprint density at radius 3 is 2.30 bits per heavy atom. The summed E-state index contributed by atoms with van der Waals surface area (Å²) >= 11 is 1.61. The number of phenols is 1. The average molecular weight is 369 g/mol. The lowest BCUT2D eigenvalue weighted by molar-refractivity contribution is 0.475. The molecule has 5 aromatic rings. The van der Waals surface area contributed by atoms with Crippen LogP contribution in [0.2, 0.25) is 0 Å². The molecule has 2 aromatic heterocycles. The monoisotopic (exact) mass is 369 g/mol. The fourth-order valence-electron chi connectivity index (χ4n) is 3.07. The molecule has 0 fully saturated rings. The molecule has 0 atom stereocenters. The van der Waals surface area contributed by atoms with Gasteiger partial charge in [-0.3, -0.25) is 0 Å². The molecule has 0 spiro atoms. The van der Waals surface area contributed by atoms with Crippen molar-refractivity contribution in [1.82, 2.24) is 14.8 Å². The summed E-state index contributed by atoms with van der Waals surface area (Å²) in [4.78, 5) is 4.76. The standard InChI is InChI=1S/C22H15N3OS/c26-17-12-10-16(11-13-17)20-14-19(15-6-2-1-3-7-15)24-25(20)22-23-18-8-4-5-9-21(18)27-22/h1-14,26H. The van der Waals surface area contributed by atoms with Gasteiger partial charge in [0.05, 0.1) is 21.6 Å². The zero-order chi connectivity index (χ0) is 18.2. The van der Waals surface area contributed by atoms with Gasteiger partial charge in [-0.2, -0.15) is 5.10 Å². The van der Waals surface area contributed by atoms with Crippen molar-refractivity contribution in [3.8, 4) is 33.4 Å². The Balaban J connectivity index is 1.72. The quantitative estimate of drug-likeness (QED) is 0.455. The van der Waals surface area contributed by atoms with Crippen molar-refractivity contribution in [3.63, 3.8) is 0 Å². The SMILES string of the molecule is Oc1ccc(-c2cc(-c3ccccc3)nn2-c2nc3ccccc3s2)cc1. The number of aromatic hydroxyl groups is 1. The fraction of sp³-hybridized carbons (Fsp3) is 0. The van der Waals surface area contributed by atoms with Crippen LogP contribution in [0.15, 0.2) is 84.9 Å². The van der Waals surface area contributed by atoms with Crippen LogP contribution in [0.1, 0.15) is 0 Å². The molecule has 0 saturated carbocycles. The Morgan fingerprint density at radius 1 is 0.778 bits per heavy atom. The van der Waals surface area contributed by atoms with E-state index in [4.69, 9.17) is 10.1 Å². The third-order valence-electron chi connectivity index (χ3n) is 4.41. The van der Waals surface area contributed by atoms with Crippen LogP contribution in [0, 0.1) is 0 Å². The number of hydrogen-bond donors (Lipinski definition) is 1. The molecular weight excluding hydrogens is 354 g/mol. The number of hydrogen-bond acceptors (Lipinski definition) is 4. The Bertz CT molecular complexity index is 1190. The zero-order valence-corrected chi connectivity index (χ0v) is 15.1. The predicted molar refractivity (Wildman–Crippen MR) is 109 cm³/mol. The summed E-state index contributed by atoms with van der Waals surface area (Å²) in [6.45, 7) is 0. The van der Waals surface area contributed by atoms with Crippen molar-refractivity contribution in [3.05, 3.63) is 84.9 Å². The van der Waals surface area contributed by atoms with Gasteiger partial charge in [-0.25, -0.2) is 9.67 Å². The molecule has 0 aliphatic rings. The van der Waals surface area contributed by atoms with Gasteiger partial charge in [0.2, 0.25) is 5.13 Å². The molecule has 0 bridgehead atoms. The van der Waals surface area contributed by atoms with Gasteiger partial charge in [0.15, 0.2) is 0 Å². The Kier molecular flexibility index (Phi) is 3.73. The lowest BCUT2D eigenvalue weighted by Gasteiger charge is -2.04. The average Bonchev–Trinajstić information content (AvgIpc) is 3.33. The minimum Gasteiger partial charge on any atom is -0.508 e. The molecule has 1 N–H and O–H groups in total. The zero-order valence-electron chi connectivity index (χ0n) is 14.3. The number of nitrogens with zero attached hydrogens (tertiary/aromatic N) is 3. The van der Waals surface area contributed by atoms with Gasteiger partial charge in [-0.15, -0.1) is 0 Å². The maximum atomic E-state index is 9.64. The first kappa shape index (κ1) is 15.8. The second kappa shape index (κ2) is 6.37. The van der Waals surface area contributed by atoms with Crippen molar-refractivity contribution in [2.75, 3.05) is 0 Å². The lowest BCUT2D eigenvalue weighted by atomic mass is 10.1. The summed E-state index contributed by atoms with van der Waals surface area (Å²) in [7, 11) is 0. The van der Waals surface area contributed by atoms with E-state index in [1.807, 2.05) is 65.3 Å². The summed E-state index contributed by atoms with van der Waals surface area (Å²) in [6, 6.07) is 27.4. The minimum absolute atomic E-state index is 0.244. The first-order chi connectivity index (χ1) is 13.3. The van der Waals surface area contributed by atoms with E-state index in [-0.39, 0.29) is 5.75 Å². The highest BCUT2D eigenvalue weighted by molar-refractivity contribution is 7.20. The van der Waals surface area contributed by atoms with Crippen molar-refractivity contribution in [1.29, 1.82) is 0 Å². The molecular formula is C22H15N3OS. The van der Waals surface area contributed by atoms with Gasteiger partial charge in [0.1, 0.15) is 5.75 Å². The number of phenolic OH excluding ortho intramolecular Hbond substituents is 1. The third-order valence-corrected chi connectivity index (χ3v) is 5.42. The summed E-state index contributed by atoms with van der Waals surface area (Å²) in [5, 5.41) is 15.3. The van der Waals surface area contributed by atoms with E-state index in [1.165, 1.54) is 0 Å². The molecule has 2 heterocycles. The highest BCUT2D eigenvalue weighted by atomic mass is 32.1. The maximum Gasteiger partial charge on any atom is 0.212 e. The molecule has 0 aliphatic carbocycles. The summed E-state index contributed by atoms with van der Waals surface area (Å²) in [5.74, 6) is 0.244. The smallest absolute Gasteiger partial charge is 0.212 e. The normalized spacial score (nSPS) is 11.1. The van der Waals surface area contributed by atoms with E-state index in [2.05, 4.69) is 12.1 Å². The number of para-hydroxylation sites is 1. The van der Waals surface area contributed by atoms with Gasteiger partial charge in [-0.1, -0.05) is 53.8 Å². The van der Waals surface area contributed by atoms with Crippen molar-refractivity contribution >= 4 is 21.6 Å². The van der Waals surface area contributed by atoms with Crippen LogP contribution >= 0.6 is 11.3 Å². The molecule has 0 amide bonds. The minimum atomic E-state index is 0.244. The Morgan fingerprint density at radius 2 is 1.52 bits per heavy atom. The van der Waals surface area contributed by atoms with E-state index in [1.54, 1.807) is 23.5 Å². The van der Waals surface area contributed by atoms with Crippen LogP contribution in [0.4, 0.5) is 0 Å². The third kappa shape index (κ3) is 2.88. The summed E-state index contributed by atoms with van der Waals surface area (Å²) in [5.41, 5.74) is 4.82. The first-order valence-corrected chi connectivity index (χ1v) is 9.40. The van der Waals surface area contributed by atoms with Gasteiger partial charge in [-0.05, 0) is 42.5 Å². The van der Waals surface area contributed by atoms with E-state index in [0.717, 1.165) is 37.9 Å². The molecule has 130 valence electrons. The van der Waals surface area contributed by atoms with Crippen LogP contribution in [-0.2, 0) is 0 Å². The number of thiazole rings is 1. The van der Waals surface area contributed by atoms with Crippen molar-refractivity contribution in [2.45, 2.75) is 0 Å². The number of fused-ring (bicyclic) bond motifs is 1. The van der Waals surface area contributed by atoms with E-state index < -0.39 is 0 Å². The van der Waals surface area contributed by atoms with Gasteiger partial charge in [0, 0.05) is 11.1 Å². The van der Waals surface area contributed by atoms with Crippen LogP contribution in [0.3, 0.4) is 0 Å². The first-order valence-electron chi connectivity index (χ1n) is 8.59. The molecule has 3 aromatic carbocycles. The molecule has 0 saturated heterocycles. The molecule has 4 nitrogen and oxygen atoms in total. The molecule has 27 heavy (non-hydrogen) atoms. The predicted octanol–water partition coefficient (Wildman–Crippen LogP) is 5.52. The van der Waals surface area contributed by atoms with Gasteiger partial charge < -0.3 is 5.11 Å². The molecule has 0 aliphatic heterocycles. The second-order valence-corrected chi connectivity index (χ2v) is 7.21. The summed E-state index contributed by atoms with van der Waals surface area (Å²) < 4.78 is 3.01. The molecule has 5 rings (SSSR count). The van der Waals surface area contributed by atoms with Crippen molar-refractivity contribution in [2.24, 2.45) is 0 Å². The van der Waals surface area contributed by atoms with Gasteiger partial charge >= 0.3 is 0 Å². The van der Waals surface area contributed by atoms with Crippen LogP contribution in [0.5, 0.6) is 5.75 Å². The summed E-state index contributed by atoms with van der Waals surface area (Å²) in [6.07, 6.45) is 0. The maximum absolute atomic E-state index is 9.64. The van der Waals surface area contributed by atoms with E-state index >= 15 is 0 Å². The molecule has 0 radical (unpaired) electrons.